The van der Waals surface area contributed by atoms with Crippen molar-refractivity contribution in [3.05, 3.63) is 66.1 Å². The smallest absolute Gasteiger partial charge is 0.262 e. The zero-order valence-corrected chi connectivity index (χ0v) is 17.6. The third kappa shape index (κ3) is 3.77. The van der Waals surface area contributed by atoms with Crippen molar-refractivity contribution >= 4 is 33.1 Å². The summed E-state index contributed by atoms with van der Waals surface area (Å²) in [7, 11) is -1.00. The first-order valence-corrected chi connectivity index (χ1v) is 10.6. The predicted molar refractivity (Wildman–Crippen MR) is 114 cm³/mol. The third-order valence-corrected chi connectivity index (χ3v) is 6.07. The van der Waals surface area contributed by atoms with Gasteiger partial charge in [-0.2, -0.15) is 0 Å². The second-order valence-corrected chi connectivity index (χ2v) is 8.36. The van der Waals surface area contributed by atoms with E-state index in [-0.39, 0.29) is 15.6 Å². The van der Waals surface area contributed by atoms with Crippen molar-refractivity contribution < 1.29 is 17.9 Å². The number of benzene rings is 2. The van der Waals surface area contributed by atoms with Gasteiger partial charge in [0.05, 0.1) is 35.5 Å². The molecule has 10 heteroatoms. The van der Waals surface area contributed by atoms with Gasteiger partial charge in [-0.15, -0.1) is 0 Å². The highest BCUT2D eigenvalue weighted by Gasteiger charge is 2.19. The third-order valence-electron chi connectivity index (χ3n) is 4.41. The Labute approximate surface area is 178 Å². The minimum absolute atomic E-state index is 0.00214. The van der Waals surface area contributed by atoms with Crippen molar-refractivity contribution in [2.45, 2.75) is 4.90 Å². The Morgan fingerprint density at radius 1 is 1.07 bits per heavy atom. The normalized spacial score (nSPS) is 11.4. The Balaban J connectivity index is 1.72. The fraction of sp³-hybridized carbons (Fsp3) is 0.100. The molecule has 1 N–H and O–H groups in total. The van der Waals surface area contributed by atoms with Crippen LogP contribution in [0.3, 0.4) is 0 Å². The number of rotatable bonds is 6. The minimum atomic E-state index is -3.92. The molecule has 0 fully saturated rings. The van der Waals surface area contributed by atoms with Gasteiger partial charge in [0.2, 0.25) is 5.78 Å². The van der Waals surface area contributed by atoms with E-state index >= 15 is 0 Å². The molecule has 2 heterocycles. The van der Waals surface area contributed by atoms with Crippen molar-refractivity contribution in [2.75, 3.05) is 18.9 Å². The summed E-state index contributed by atoms with van der Waals surface area (Å²) in [5.41, 5.74) is 1.61. The summed E-state index contributed by atoms with van der Waals surface area (Å²) in [6, 6.07) is 11.2. The van der Waals surface area contributed by atoms with E-state index in [9.17, 15) is 8.42 Å². The summed E-state index contributed by atoms with van der Waals surface area (Å²) in [6.45, 7) is 0. The summed E-state index contributed by atoms with van der Waals surface area (Å²) in [5, 5.41) is 0.193. The highest BCUT2D eigenvalue weighted by Crippen LogP contribution is 2.33. The topological polar surface area (TPSA) is 94.8 Å². The number of imidazole rings is 1. The Morgan fingerprint density at radius 3 is 2.53 bits per heavy atom. The highest BCUT2D eigenvalue weighted by molar-refractivity contribution is 7.92. The molecular formula is C20H17ClN4O4S. The van der Waals surface area contributed by atoms with Gasteiger partial charge in [-0.1, -0.05) is 11.6 Å². The van der Waals surface area contributed by atoms with E-state index in [4.69, 9.17) is 21.1 Å². The molecular weight excluding hydrogens is 428 g/mol. The molecule has 0 amide bonds. The molecule has 2 aromatic heterocycles. The van der Waals surface area contributed by atoms with Gasteiger partial charge in [-0.25, -0.2) is 18.4 Å². The molecule has 0 aliphatic carbocycles. The average Bonchev–Trinajstić information content (AvgIpc) is 3.17. The fourth-order valence-corrected chi connectivity index (χ4v) is 4.34. The largest absolute Gasteiger partial charge is 0.495 e. The number of ether oxygens (including phenoxy) is 2. The molecule has 0 radical (unpaired) electrons. The van der Waals surface area contributed by atoms with Crippen molar-refractivity contribution in [3.8, 4) is 22.8 Å². The quantitative estimate of drug-likeness (QED) is 0.485. The summed E-state index contributed by atoms with van der Waals surface area (Å²) in [4.78, 5) is 8.66. The van der Waals surface area contributed by atoms with Crippen LogP contribution in [0.4, 0.5) is 5.69 Å². The van der Waals surface area contributed by atoms with Crippen LogP contribution in [0.15, 0.2) is 66.0 Å². The second kappa shape index (κ2) is 7.85. The van der Waals surface area contributed by atoms with Crippen LogP contribution in [0.5, 0.6) is 11.5 Å². The van der Waals surface area contributed by atoms with Crippen LogP contribution in [0, 0.1) is 0 Å². The zero-order valence-electron chi connectivity index (χ0n) is 16.0. The Bertz CT molecular complexity index is 1300. The maximum Gasteiger partial charge on any atom is 0.262 e. The summed E-state index contributed by atoms with van der Waals surface area (Å²) in [6.07, 6.45) is 5.30. The van der Waals surface area contributed by atoms with Gasteiger partial charge in [-0.3, -0.25) is 9.12 Å². The van der Waals surface area contributed by atoms with E-state index in [2.05, 4.69) is 14.7 Å². The molecule has 8 nitrogen and oxygen atoms in total. The minimum Gasteiger partial charge on any atom is -0.495 e. The van der Waals surface area contributed by atoms with Crippen LogP contribution in [0.25, 0.3) is 17.0 Å². The molecule has 0 bridgehead atoms. The molecule has 0 spiro atoms. The number of hydrogen-bond donors (Lipinski definition) is 1. The zero-order chi connectivity index (χ0) is 21.3. The van der Waals surface area contributed by atoms with E-state index in [0.717, 1.165) is 0 Å². The molecule has 4 rings (SSSR count). The highest BCUT2D eigenvalue weighted by atomic mass is 35.5. The number of nitrogens with zero attached hydrogens (tertiary/aromatic N) is 3. The molecule has 0 saturated heterocycles. The Hall–Kier alpha value is -3.30. The van der Waals surface area contributed by atoms with Gasteiger partial charge in [0.25, 0.3) is 10.0 Å². The van der Waals surface area contributed by atoms with Gasteiger partial charge >= 0.3 is 0 Å². The fourth-order valence-electron chi connectivity index (χ4n) is 2.93. The number of fused-ring (bicyclic) bond motifs is 1. The molecule has 0 unspecified atom stereocenters. The molecule has 0 aliphatic heterocycles. The number of nitrogens with one attached hydrogen (secondary N) is 1. The van der Waals surface area contributed by atoms with Crippen molar-refractivity contribution in [2.24, 2.45) is 0 Å². The number of hydrogen-bond acceptors (Lipinski definition) is 6. The van der Waals surface area contributed by atoms with Crippen LogP contribution >= 0.6 is 11.6 Å². The molecule has 4 aromatic rings. The van der Waals surface area contributed by atoms with Gasteiger partial charge in [-0.05, 0) is 42.5 Å². The van der Waals surface area contributed by atoms with Gasteiger partial charge in [0.15, 0.2) is 0 Å². The lowest BCUT2D eigenvalue weighted by Crippen LogP contribution is -2.14. The van der Waals surface area contributed by atoms with Crippen molar-refractivity contribution in [3.63, 3.8) is 0 Å². The van der Waals surface area contributed by atoms with E-state index in [1.807, 2.05) is 12.4 Å². The SMILES string of the molecule is COc1ccc(S(=O)(=O)Nc2cc(-c3cn4cccnc4n3)ccc2OC)cc1Cl. The van der Waals surface area contributed by atoms with Crippen LogP contribution in [-0.2, 0) is 10.0 Å². The summed E-state index contributed by atoms with van der Waals surface area (Å²) >= 11 is 6.08. The van der Waals surface area contributed by atoms with Crippen LogP contribution in [0.2, 0.25) is 5.02 Å². The lowest BCUT2D eigenvalue weighted by molar-refractivity contribution is 0.414. The van der Waals surface area contributed by atoms with Crippen molar-refractivity contribution in [1.29, 1.82) is 0 Å². The maximum atomic E-state index is 12.9. The molecule has 0 atom stereocenters. The van der Waals surface area contributed by atoms with Gasteiger partial charge in [0.1, 0.15) is 11.5 Å². The number of aromatic nitrogens is 3. The summed E-state index contributed by atoms with van der Waals surface area (Å²) < 4.78 is 40.6. The first kappa shape index (κ1) is 20.0. The maximum absolute atomic E-state index is 12.9. The number of anilines is 1. The molecule has 2 aromatic carbocycles. The van der Waals surface area contributed by atoms with Gasteiger partial charge in [0, 0.05) is 24.2 Å². The molecule has 30 heavy (non-hydrogen) atoms. The van der Waals surface area contributed by atoms with E-state index in [1.54, 1.807) is 34.9 Å². The Morgan fingerprint density at radius 2 is 1.83 bits per heavy atom. The van der Waals surface area contributed by atoms with E-state index in [0.29, 0.717) is 28.5 Å². The second-order valence-electron chi connectivity index (χ2n) is 6.27. The monoisotopic (exact) mass is 444 g/mol. The number of sulfonamides is 1. The lowest BCUT2D eigenvalue weighted by Gasteiger charge is -2.13. The van der Waals surface area contributed by atoms with Crippen LogP contribution < -0.4 is 14.2 Å². The Kier molecular flexibility index (Phi) is 5.23. The predicted octanol–water partition coefficient (Wildman–Crippen LogP) is 3.87. The first-order valence-electron chi connectivity index (χ1n) is 8.76. The lowest BCUT2D eigenvalue weighted by atomic mass is 10.1. The average molecular weight is 445 g/mol. The van der Waals surface area contributed by atoms with E-state index in [1.165, 1.54) is 32.4 Å². The standard InChI is InChI=1S/C20H17ClN4O4S/c1-28-18-7-5-14(11-15(18)21)30(26,27)24-16-10-13(4-6-19(16)29-2)17-12-25-9-3-8-22-20(25)23-17/h3-12,24H,1-2H3. The molecule has 154 valence electrons. The summed E-state index contributed by atoms with van der Waals surface area (Å²) in [5.74, 6) is 1.29. The molecule has 0 aliphatic rings. The van der Waals surface area contributed by atoms with Crippen LogP contribution in [0.1, 0.15) is 0 Å². The number of methoxy groups -OCH3 is 2. The van der Waals surface area contributed by atoms with E-state index < -0.39 is 10.0 Å². The van der Waals surface area contributed by atoms with Gasteiger partial charge < -0.3 is 9.47 Å². The molecule has 0 saturated carbocycles. The van der Waals surface area contributed by atoms with Crippen LogP contribution in [-0.4, -0.2) is 37.0 Å². The van der Waals surface area contributed by atoms with Crippen molar-refractivity contribution in [1.82, 2.24) is 14.4 Å². The number of halogens is 1. The first-order chi connectivity index (χ1) is 14.4.